The van der Waals surface area contributed by atoms with Gasteiger partial charge in [-0.25, -0.2) is 15.0 Å². The van der Waals surface area contributed by atoms with Gasteiger partial charge in [0.15, 0.2) is 5.52 Å². The highest BCUT2D eigenvalue weighted by Gasteiger charge is 2.08. The second kappa shape index (κ2) is 3.18. The van der Waals surface area contributed by atoms with E-state index in [2.05, 4.69) is 19.9 Å². The average Bonchev–Trinajstić information content (AvgIpc) is 2.07. The number of hydrogen-bond acceptors (Lipinski definition) is 4. The maximum Gasteiger partial charge on any atom is 0.278 e. The van der Waals surface area contributed by atoms with Gasteiger partial charge in [0.05, 0.1) is 5.69 Å². The second-order valence-corrected chi connectivity index (χ2v) is 3.33. The Morgan fingerprint density at radius 2 is 1.86 bits per heavy atom. The zero-order valence-electron chi connectivity index (χ0n) is 7.01. The molecule has 1 N–H and O–H groups in total. The van der Waals surface area contributed by atoms with E-state index in [0.717, 1.165) is 0 Å². The number of nitrogens with zero attached hydrogens (tertiary/aromatic N) is 3. The van der Waals surface area contributed by atoms with Gasteiger partial charge >= 0.3 is 0 Å². The van der Waals surface area contributed by atoms with Gasteiger partial charge in [-0.15, -0.1) is 0 Å². The Labute approximate surface area is 88.1 Å². The SMILES string of the molecule is Cc1nc(Cl)nc2c(=O)[nH]c(Cl)nc12. The Kier molecular flexibility index (Phi) is 2.13. The van der Waals surface area contributed by atoms with Crippen molar-refractivity contribution >= 4 is 34.2 Å². The van der Waals surface area contributed by atoms with Crippen molar-refractivity contribution in [2.75, 3.05) is 0 Å². The van der Waals surface area contributed by atoms with E-state index < -0.39 is 5.56 Å². The summed E-state index contributed by atoms with van der Waals surface area (Å²) in [6, 6.07) is 0. The molecule has 14 heavy (non-hydrogen) atoms. The van der Waals surface area contributed by atoms with E-state index in [1.54, 1.807) is 6.92 Å². The summed E-state index contributed by atoms with van der Waals surface area (Å²) in [7, 11) is 0. The Hall–Kier alpha value is -1.20. The molecule has 2 rings (SSSR count). The maximum atomic E-state index is 11.4. The van der Waals surface area contributed by atoms with Crippen LogP contribution in [0.25, 0.3) is 11.0 Å². The van der Waals surface area contributed by atoms with Crippen LogP contribution >= 0.6 is 23.2 Å². The summed E-state index contributed by atoms with van der Waals surface area (Å²) < 4.78 is 0. The summed E-state index contributed by atoms with van der Waals surface area (Å²) >= 11 is 11.2. The van der Waals surface area contributed by atoms with Crippen molar-refractivity contribution in [1.29, 1.82) is 0 Å². The average molecular weight is 231 g/mol. The Balaban J connectivity index is 3.02. The van der Waals surface area contributed by atoms with Crippen LogP contribution in [-0.4, -0.2) is 19.9 Å². The molecule has 72 valence electrons. The quantitative estimate of drug-likeness (QED) is 0.694. The van der Waals surface area contributed by atoms with E-state index in [4.69, 9.17) is 23.2 Å². The minimum Gasteiger partial charge on any atom is -0.295 e. The third kappa shape index (κ3) is 1.44. The lowest BCUT2D eigenvalue weighted by atomic mass is 10.3. The molecule has 0 aliphatic rings. The summed E-state index contributed by atoms with van der Waals surface area (Å²) in [6.45, 7) is 1.68. The monoisotopic (exact) mass is 230 g/mol. The summed E-state index contributed by atoms with van der Waals surface area (Å²) in [4.78, 5) is 25.2. The maximum absolute atomic E-state index is 11.4. The lowest BCUT2D eigenvalue weighted by Crippen LogP contribution is -2.11. The van der Waals surface area contributed by atoms with Crippen LogP contribution in [0.4, 0.5) is 0 Å². The molecule has 2 heterocycles. The number of fused-ring (bicyclic) bond motifs is 1. The molecule has 7 heteroatoms. The van der Waals surface area contributed by atoms with Crippen molar-refractivity contribution in [3.8, 4) is 0 Å². The summed E-state index contributed by atoms with van der Waals surface area (Å²) in [5.41, 5.74) is 0.607. The second-order valence-electron chi connectivity index (χ2n) is 2.63. The highest BCUT2D eigenvalue weighted by Crippen LogP contribution is 2.12. The van der Waals surface area contributed by atoms with Crippen molar-refractivity contribution in [2.45, 2.75) is 6.92 Å². The molecule has 0 radical (unpaired) electrons. The van der Waals surface area contributed by atoms with Crippen LogP contribution < -0.4 is 5.56 Å². The number of hydrogen-bond donors (Lipinski definition) is 1. The van der Waals surface area contributed by atoms with E-state index in [-0.39, 0.29) is 16.1 Å². The lowest BCUT2D eigenvalue weighted by molar-refractivity contribution is 1.08. The molecule has 2 aromatic heterocycles. The van der Waals surface area contributed by atoms with Gasteiger partial charge in [0.25, 0.3) is 5.56 Å². The van der Waals surface area contributed by atoms with Crippen LogP contribution in [0.3, 0.4) is 0 Å². The number of halogens is 2. The third-order valence-corrected chi connectivity index (χ3v) is 2.02. The van der Waals surface area contributed by atoms with Crippen LogP contribution in [0.1, 0.15) is 5.69 Å². The first-order valence-corrected chi connectivity index (χ1v) is 4.43. The predicted molar refractivity (Wildman–Crippen MR) is 52.7 cm³/mol. The van der Waals surface area contributed by atoms with Crippen LogP contribution in [-0.2, 0) is 0 Å². The minimum absolute atomic E-state index is 0.0107. The predicted octanol–water partition coefficient (Wildman–Crippen LogP) is 1.33. The highest BCUT2D eigenvalue weighted by molar-refractivity contribution is 6.29. The van der Waals surface area contributed by atoms with Crippen molar-refractivity contribution in [2.24, 2.45) is 0 Å². The van der Waals surface area contributed by atoms with Gasteiger partial charge in [-0.3, -0.25) is 9.78 Å². The molecule has 0 aromatic carbocycles. The number of nitrogens with one attached hydrogen (secondary N) is 1. The van der Waals surface area contributed by atoms with E-state index in [9.17, 15) is 4.79 Å². The number of aryl methyl sites for hydroxylation is 1. The van der Waals surface area contributed by atoms with Crippen LogP contribution in [0.5, 0.6) is 0 Å². The number of H-pyrrole nitrogens is 1. The van der Waals surface area contributed by atoms with Crippen molar-refractivity contribution in [3.05, 3.63) is 26.6 Å². The highest BCUT2D eigenvalue weighted by atomic mass is 35.5. The zero-order valence-corrected chi connectivity index (χ0v) is 8.52. The molecule has 0 fully saturated rings. The van der Waals surface area contributed by atoms with Crippen LogP contribution in [0.15, 0.2) is 4.79 Å². The number of aromatic amines is 1. The molecule has 2 aromatic rings. The molecule has 0 saturated carbocycles. The fourth-order valence-electron chi connectivity index (χ4n) is 1.10. The number of rotatable bonds is 0. The largest absolute Gasteiger partial charge is 0.295 e. The van der Waals surface area contributed by atoms with Gasteiger partial charge in [-0.05, 0) is 30.1 Å². The Morgan fingerprint density at radius 1 is 1.14 bits per heavy atom. The van der Waals surface area contributed by atoms with E-state index in [1.807, 2.05) is 0 Å². The molecule has 0 aliphatic heterocycles. The summed E-state index contributed by atoms with van der Waals surface area (Å²) in [5, 5.41) is 0.0288. The third-order valence-electron chi connectivity index (χ3n) is 1.67. The van der Waals surface area contributed by atoms with Gasteiger partial charge in [0.2, 0.25) is 10.6 Å². The van der Waals surface area contributed by atoms with Crippen molar-refractivity contribution < 1.29 is 0 Å². The summed E-state index contributed by atoms with van der Waals surface area (Å²) in [6.07, 6.45) is 0. The lowest BCUT2D eigenvalue weighted by Gasteiger charge is -1.99. The van der Waals surface area contributed by atoms with E-state index in [1.165, 1.54) is 0 Å². The smallest absolute Gasteiger partial charge is 0.278 e. The molecule has 0 aliphatic carbocycles. The molecule has 0 bridgehead atoms. The van der Waals surface area contributed by atoms with Crippen molar-refractivity contribution in [3.63, 3.8) is 0 Å². The first-order chi connectivity index (χ1) is 6.58. The van der Waals surface area contributed by atoms with E-state index >= 15 is 0 Å². The minimum atomic E-state index is -0.424. The molecular formula is C7H4Cl2N4O. The zero-order chi connectivity index (χ0) is 10.3. The van der Waals surface area contributed by atoms with Gasteiger partial charge < -0.3 is 0 Å². The Morgan fingerprint density at radius 3 is 2.57 bits per heavy atom. The van der Waals surface area contributed by atoms with Gasteiger partial charge in [-0.1, -0.05) is 0 Å². The molecule has 0 spiro atoms. The van der Waals surface area contributed by atoms with Crippen LogP contribution in [0, 0.1) is 6.92 Å². The van der Waals surface area contributed by atoms with Gasteiger partial charge in [0, 0.05) is 0 Å². The van der Waals surface area contributed by atoms with Crippen LogP contribution in [0.2, 0.25) is 10.6 Å². The fraction of sp³-hybridized carbons (Fsp3) is 0.143. The molecule has 5 nitrogen and oxygen atoms in total. The van der Waals surface area contributed by atoms with Gasteiger partial charge in [0.1, 0.15) is 5.52 Å². The topological polar surface area (TPSA) is 71.5 Å². The molecule has 0 unspecified atom stereocenters. The van der Waals surface area contributed by atoms with Gasteiger partial charge in [-0.2, -0.15) is 0 Å². The molecule has 0 atom stereocenters. The summed E-state index contributed by atoms with van der Waals surface area (Å²) in [5.74, 6) is 0. The first kappa shape index (κ1) is 9.36. The van der Waals surface area contributed by atoms with Crippen molar-refractivity contribution in [1.82, 2.24) is 19.9 Å². The standard InChI is InChI=1S/C7H4Cl2N4O/c1-2-3-4(12-6(8)10-2)5(14)13-7(9)11-3/h1H3,(H,11,13,14). The number of aromatic nitrogens is 4. The first-order valence-electron chi connectivity index (χ1n) is 3.67. The molecule has 0 amide bonds. The van der Waals surface area contributed by atoms with E-state index in [0.29, 0.717) is 11.2 Å². The molecule has 0 saturated heterocycles. The molecular weight excluding hydrogens is 227 g/mol. The normalized spacial score (nSPS) is 10.8. The Bertz CT molecular complexity index is 565. The fourth-order valence-corrected chi connectivity index (χ4v) is 1.49.